The SMILES string of the molecule is C[C@@]1(CCP(=O)(O)O)OC(=O)[C@H](N)[C@@H]1c1ccccc1. The molecule has 1 aromatic carbocycles. The average molecular weight is 299 g/mol. The van der Waals surface area contributed by atoms with Crippen molar-refractivity contribution in [1.29, 1.82) is 0 Å². The molecule has 1 fully saturated rings. The van der Waals surface area contributed by atoms with Gasteiger partial charge in [-0.2, -0.15) is 0 Å². The second-order valence-corrected chi connectivity index (χ2v) is 7.06. The average Bonchev–Trinajstić information content (AvgIpc) is 2.59. The standard InChI is InChI=1S/C13H18NO5P/c1-13(7-8-20(16,17)18)10(11(14)12(15)19-13)9-5-3-2-4-6-9/h2-6,10-11H,7-8,14H2,1H3,(H2,16,17,18)/t10-,11+,13-/m0/s1. The monoisotopic (exact) mass is 299 g/mol. The van der Waals surface area contributed by atoms with Crippen molar-refractivity contribution in [2.75, 3.05) is 6.16 Å². The van der Waals surface area contributed by atoms with E-state index in [4.69, 9.17) is 20.3 Å². The normalized spacial score (nSPS) is 30.3. The van der Waals surface area contributed by atoms with Crippen LogP contribution in [0, 0.1) is 0 Å². The first-order valence-electron chi connectivity index (χ1n) is 6.31. The van der Waals surface area contributed by atoms with E-state index < -0.39 is 31.1 Å². The van der Waals surface area contributed by atoms with Crippen LogP contribution in [0.5, 0.6) is 0 Å². The van der Waals surface area contributed by atoms with Crippen LogP contribution in [0.25, 0.3) is 0 Å². The third kappa shape index (κ3) is 3.10. The molecule has 20 heavy (non-hydrogen) atoms. The Morgan fingerprint density at radius 1 is 1.35 bits per heavy atom. The Bertz CT molecular complexity index is 543. The molecular formula is C13H18NO5P. The molecule has 1 saturated heterocycles. The summed E-state index contributed by atoms with van der Waals surface area (Å²) in [5.41, 5.74) is 5.73. The van der Waals surface area contributed by atoms with Gasteiger partial charge in [-0.1, -0.05) is 30.3 Å². The summed E-state index contributed by atoms with van der Waals surface area (Å²) in [7, 11) is -4.15. The Hall–Kier alpha value is -1.20. The van der Waals surface area contributed by atoms with Crippen molar-refractivity contribution in [2.45, 2.75) is 30.9 Å². The molecule has 1 aliphatic rings. The largest absolute Gasteiger partial charge is 0.457 e. The zero-order chi connectivity index (χ0) is 15.0. The fraction of sp³-hybridized carbons (Fsp3) is 0.462. The van der Waals surface area contributed by atoms with E-state index in [1.165, 1.54) is 0 Å². The molecule has 6 nitrogen and oxygen atoms in total. The second kappa shape index (κ2) is 5.30. The number of hydrogen-bond acceptors (Lipinski definition) is 4. The number of carbonyl (C=O) groups excluding carboxylic acids is 1. The van der Waals surface area contributed by atoms with E-state index >= 15 is 0 Å². The number of cyclic esters (lactones) is 1. The Morgan fingerprint density at radius 2 is 1.95 bits per heavy atom. The highest BCUT2D eigenvalue weighted by molar-refractivity contribution is 7.51. The smallest absolute Gasteiger partial charge is 0.325 e. The Kier molecular flexibility index (Phi) is 4.02. The maximum atomic E-state index is 11.8. The summed E-state index contributed by atoms with van der Waals surface area (Å²) in [6.07, 6.45) is -0.275. The van der Waals surface area contributed by atoms with E-state index in [-0.39, 0.29) is 12.6 Å². The lowest BCUT2D eigenvalue weighted by Crippen LogP contribution is -2.37. The first kappa shape index (κ1) is 15.2. The van der Waals surface area contributed by atoms with Crippen molar-refractivity contribution in [3.05, 3.63) is 35.9 Å². The van der Waals surface area contributed by atoms with Gasteiger partial charge in [-0.25, -0.2) is 0 Å². The van der Waals surface area contributed by atoms with E-state index in [1.807, 2.05) is 30.3 Å². The lowest BCUT2D eigenvalue weighted by molar-refractivity contribution is -0.148. The van der Waals surface area contributed by atoms with Gasteiger partial charge in [0, 0.05) is 5.92 Å². The molecule has 1 heterocycles. The Balaban J connectivity index is 2.30. The van der Waals surface area contributed by atoms with E-state index in [2.05, 4.69) is 0 Å². The molecule has 0 aromatic heterocycles. The molecule has 0 aliphatic carbocycles. The Labute approximate surface area is 117 Å². The maximum absolute atomic E-state index is 11.8. The zero-order valence-electron chi connectivity index (χ0n) is 11.1. The quantitative estimate of drug-likeness (QED) is 0.565. The predicted molar refractivity (Wildman–Crippen MR) is 73.2 cm³/mol. The summed E-state index contributed by atoms with van der Waals surface area (Å²) >= 11 is 0. The molecule has 0 unspecified atom stereocenters. The van der Waals surface area contributed by atoms with Gasteiger partial charge in [0.25, 0.3) is 0 Å². The molecule has 1 aliphatic heterocycles. The third-order valence-corrected chi connectivity index (χ3v) is 4.49. The summed E-state index contributed by atoms with van der Waals surface area (Å²) in [6, 6.07) is 8.35. The lowest BCUT2D eigenvalue weighted by atomic mass is 9.79. The first-order chi connectivity index (χ1) is 9.23. The maximum Gasteiger partial charge on any atom is 0.325 e. The minimum Gasteiger partial charge on any atom is -0.457 e. The molecule has 4 N–H and O–H groups in total. The first-order valence-corrected chi connectivity index (χ1v) is 8.11. The zero-order valence-corrected chi connectivity index (χ0v) is 12.0. The van der Waals surface area contributed by atoms with Crippen LogP contribution in [-0.2, 0) is 14.1 Å². The highest BCUT2D eigenvalue weighted by Crippen LogP contribution is 2.46. The molecule has 110 valence electrons. The van der Waals surface area contributed by atoms with Crippen molar-refractivity contribution in [1.82, 2.24) is 0 Å². The highest BCUT2D eigenvalue weighted by Gasteiger charge is 2.52. The number of benzene rings is 1. The van der Waals surface area contributed by atoms with Crippen molar-refractivity contribution in [3.8, 4) is 0 Å². The Morgan fingerprint density at radius 3 is 2.50 bits per heavy atom. The van der Waals surface area contributed by atoms with Crippen LogP contribution in [0.4, 0.5) is 0 Å². The van der Waals surface area contributed by atoms with Gasteiger partial charge < -0.3 is 20.3 Å². The van der Waals surface area contributed by atoms with Crippen LogP contribution in [0.2, 0.25) is 0 Å². The van der Waals surface area contributed by atoms with E-state index in [0.717, 1.165) is 5.56 Å². The van der Waals surface area contributed by atoms with Gasteiger partial charge in [0.1, 0.15) is 11.6 Å². The molecule has 2 rings (SSSR count). The van der Waals surface area contributed by atoms with E-state index in [1.54, 1.807) is 6.92 Å². The van der Waals surface area contributed by atoms with Gasteiger partial charge >= 0.3 is 13.6 Å². The minimum absolute atomic E-state index is 0.0658. The molecule has 7 heteroatoms. The summed E-state index contributed by atoms with van der Waals surface area (Å²) < 4.78 is 16.4. The number of carbonyl (C=O) groups is 1. The molecular weight excluding hydrogens is 281 g/mol. The van der Waals surface area contributed by atoms with Crippen molar-refractivity contribution in [3.63, 3.8) is 0 Å². The molecule has 0 saturated carbocycles. The van der Waals surface area contributed by atoms with Crippen LogP contribution < -0.4 is 5.73 Å². The van der Waals surface area contributed by atoms with Crippen LogP contribution in [0.15, 0.2) is 30.3 Å². The fourth-order valence-corrected chi connectivity index (χ4v) is 3.41. The minimum atomic E-state index is -4.15. The van der Waals surface area contributed by atoms with Crippen LogP contribution in [-0.4, -0.2) is 33.6 Å². The number of esters is 1. The van der Waals surface area contributed by atoms with Gasteiger partial charge in [-0.15, -0.1) is 0 Å². The molecule has 0 radical (unpaired) electrons. The van der Waals surface area contributed by atoms with E-state index in [0.29, 0.717) is 0 Å². The van der Waals surface area contributed by atoms with Crippen molar-refractivity contribution >= 4 is 13.6 Å². The molecule has 0 bridgehead atoms. The van der Waals surface area contributed by atoms with Crippen LogP contribution >= 0.6 is 7.60 Å². The van der Waals surface area contributed by atoms with Crippen LogP contribution in [0.3, 0.4) is 0 Å². The van der Waals surface area contributed by atoms with Gasteiger partial charge in [0.2, 0.25) is 0 Å². The number of rotatable bonds is 4. The van der Waals surface area contributed by atoms with Gasteiger partial charge in [-0.05, 0) is 18.9 Å². The lowest BCUT2D eigenvalue weighted by Gasteiger charge is -2.30. The van der Waals surface area contributed by atoms with Crippen molar-refractivity contribution < 1.29 is 23.9 Å². The van der Waals surface area contributed by atoms with Crippen LogP contribution in [0.1, 0.15) is 24.8 Å². The molecule has 1 aromatic rings. The summed E-state index contributed by atoms with van der Waals surface area (Å²) in [5.74, 6) is -0.949. The predicted octanol–water partition coefficient (Wildman–Crippen LogP) is 0.981. The second-order valence-electron chi connectivity index (χ2n) is 5.29. The number of nitrogens with two attached hydrogens (primary N) is 1. The van der Waals surface area contributed by atoms with Crippen molar-refractivity contribution in [2.24, 2.45) is 5.73 Å². The van der Waals surface area contributed by atoms with Gasteiger partial charge in [0.15, 0.2) is 0 Å². The summed E-state index contributed by atoms with van der Waals surface area (Å²) in [6.45, 7) is 1.67. The van der Waals surface area contributed by atoms with E-state index in [9.17, 15) is 9.36 Å². The third-order valence-electron chi connectivity index (χ3n) is 3.68. The molecule has 0 spiro atoms. The number of ether oxygens (including phenoxy) is 1. The van der Waals surface area contributed by atoms with Gasteiger partial charge in [-0.3, -0.25) is 9.36 Å². The van der Waals surface area contributed by atoms with Gasteiger partial charge in [0.05, 0.1) is 6.16 Å². The summed E-state index contributed by atoms with van der Waals surface area (Å²) in [5, 5.41) is 0. The topological polar surface area (TPSA) is 110 Å². The molecule has 3 atom stereocenters. The highest BCUT2D eigenvalue weighted by atomic mass is 31.2. The molecule has 0 amide bonds. The fourth-order valence-electron chi connectivity index (χ4n) is 2.67. The number of hydrogen-bond donors (Lipinski definition) is 3. The summed E-state index contributed by atoms with van der Waals surface area (Å²) in [4.78, 5) is 29.8.